The standard InChI is InChI=1S/C11H17N3O3/c1-5-17-9(15)7-14-6-8(12-13-14)10(16)11(2,3)4/h6H,5,7H2,1-4H3. The molecule has 1 aromatic heterocycles. The summed E-state index contributed by atoms with van der Waals surface area (Å²) >= 11 is 0. The topological polar surface area (TPSA) is 74.1 Å². The Kier molecular flexibility index (Phi) is 3.98. The molecule has 0 bridgehead atoms. The first-order valence-corrected chi connectivity index (χ1v) is 5.45. The van der Waals surface area contributed by atoms with Crippen LogP contribution in [0.5, 0.6) is 0 Å². The van der Waals surface area contributed by atoms with Gasteiger partial charge in [0.15, 0.2) is 5.78 Å². The van der Waals surface area contributed by atoms with Gasteiger partial charge in [0.25, 0.3) is 0 Å². The molecule has 6 nitrogen and oxygen atoms in total. The summed E-state index contributed by atoms with van der Waals surface area (Å²) in [5, 5.41) is 7.47. The van der Waals surface area contributed by atoms with Gasteiger partial charge in [-0.1, -0.05) is 26.0 Å². The number of ketones is 1. The fourth-order valence-electron chi connectivity index (χ4n) is 1.20. The van der Waals surface area contributed by atoms with Crippen LogP contribution in [0.3, 0.4) is 0 Å². The molecule has 0 aliphatic carbocycles. The van der Waals surface area contributed by atoms with Gasteiger partial charge in [0.05, 0.1) is 12.8 Å². The number of hydrogen-bond acceptors (Lipinski definition) is 5. The van der Waals surface area contributed by atoms with E-state index in [2.05, 4.69) is 10.3 Å². The van der Waals surface area contributed by atoms with E-state index >= 15 is 0 Å². The van der Waals surface area contributed by atoms with Crippen molar-refractivity contribution in [2.24, 2.45) is 5.41 Å². The van der Waals surface area contributed by atoms with Gasteiger partial charge in [0.2, 0.25) is 0 Å². The normalized spacial score (nSPS) is 11.3. The lowest BCUT2D eigenvalue weighted by Gasteiger charge is -2.13. The van der Waals surface area contributed by atoms with Gasteiger partial charge in [-0.25, -0.2) is 4.68 Å². The molecule has 1 rings (SSSR count). The molecule has 0 amide bonds. The van der Waals surface area contributed by atoms with Crippen molar-refractivity contribution in [3.8, 4) is 0 Å². The second-order valence-electron chi connectivity index (χ2n) is 4.69. The number of hydrogen-bond donors (Lipinski definition) is 0. The zero-order valence-electron chi connectivity index (χ0n) is 10.6. The smallest absolute Gasteiger partial charge is 0.327 e. The third kappa shape index (κ3) is 3.65. The fourth-order valence-corrected chi connectivity index (χ4v) is 1.20. The van der Waals surface area contributed by atoms with Crippen LogP contribution in [-0.2, 0) is 16.1 Å². The van der Waals surface area contributed by atoms with Crippen molar-refractivity contribution in [1.29, 1.82) is 0 Å². The summed E-state index contributed by atoms with van der Waals surface area (Å²) in [7, 11) is 0. The first-order valence-electron chi connectivity index (χ1n) is 5.45. The van der Waals surface area contributed by atoms with Crippen LogP contribution in [-0.4, -0.2) is 33.4 Å². The van der Waals surface area contributed by atoms with Gasteiger partial charge in [0, 0.05) is 5.41 Å². The molecule has 0 fully saturated rings. The van der Waals surface area contributed by atoms with Crippen LogP contribution in [0.4, 0.5) is 0 Å². The molecule has 17 heavy (non-hydrogen) atoms. The molecule has 94 valence electrons. The van der Waals surface area contributed by atoms with Gasteiger partial charge >= 0.3 is 5.97 Å². The highest BCUT2D eigenvalue weighted by atomic mass is 16.5. The fraction of sp³-hybridized carbons (Fsp3) is 0.636. The van der Waals surface area contributed by atoms with Gasteiger partial charge in [-0.2, -0.15) is 0 Å². The Morgan fingerprint density at radius 2 is 2.06 bits per heavy atom. The predicted molar refractivity (Wildman–Crippen MR) is 60.4 cm³/mol. The summed E-state index contributed by atoms with van der Waals surface area (Å²) in [6.45, 7) is 7.44. The summed E-state index contributed by atoms with van der Waals surface area (Å²) in [4.78, 5) is 23.1. The molecular formula is C11H17N3O3. The van der Waals surface area contributed by atoms with Gasteiger partial charge in [-0.15, -0.1) is 5.10 Å². The zero-order valence-corrected chi connectivity index (χ0v) is 10.6. The first-order chi connectivity index (χ1) is 7.84. The Morgan fingerprint density at radius 3 is 2.59 bits per heavy atom. The maximum atomic E-state index is 11.9. The van der Waals surface area contributed by atoms with Gasteiger partial charge in [0.1, 0.15) is 12.2 Å². The molecule has 0 unspecified atom stereocenters. The van der Waals surface area contributed by atoms with Crippen molar-refractivity contribution in [3.05, 3.63) is 11.9 Å². The van der Waals surface area contributed by atoms with Crippen LogP contribution < -0.4 is 0 Å². The number of carbonyl (C=O) groups is 2. The van der Waals surface area contributed by atoms with Gasteiger partial charge in [-0.05, 0) is 6.92 Å². The highest BCUT2D eigenvalue weighted by Crippen LogP contribution is 2.18. The van der Waals surface area contributed by atoms with Crippen molar-refractivity contribution in [3.63, 3.8) is 0 Å². The van der Waals surface area contributed by atoms with Crippen molar-refractivity contribution >= 4 is 11.8 Å². The molecule has 0 aliphatic rings. The largest absolute Gasteiger partial charge is 0.465 e. The summed E-state index contributed by atoms with van der Waals surface area (Å²) in [5.41, 5.74) is -0.244. The van der Waals surface area contributed by atoms with Crippen LogP contribution in [0.1, 0.15) is 38.2 Å². The van der Waals surface area contributed by atoms with E-state index in [4.69, 9.17) is 4.74 Å². The quantitative estimate of drug-likeness (QED) is 0.580. The second-order valence-corrected chi connectivity index (χ2v) is 4.69. The van der Waals surface area contributed by atoms with E-state index in [0.717, 1.165) is 0 Å². The van der Waals surface area contributed by atoms with E-state index < -0.39 is 11.4 Å². The highest BCUT2D eigenvalue weighted by molar-refractivity contribution is 5.97. The van der Waals surface area contributed by atoms with Crippen LogP contribution in [0.25, 0.3) is 0 Å². The zero-order chi connectivity index (χ0) is 13.1. The lowest BCUT2D eigenvalue weighted by molar-refractivity contribution is -0.144. The SMILES string of the molecule is CCOC(=O)Cn1cc(C(=O)C(C)(C)C)nn1. The minimum Gasteiger partial charge on any atom is -0.465 e. The lowest BCUT2D eigenvalue weighted by Crippen LogP contribution is -2.20. The Labute approximate surface area is 99.9 Å². The van der Waals surface area contributed by atoms with Crippen LogP contribution in [0.2, 0.25) is 0 Å². The monoisotopic (exact) mass is 239 g/mol. The van der Waals surface area contributed by atoms with Crippen LogP contribution in [0.15, 0.2) is 6.20 Å². The molecular weight excluding hydrogens is 222 g/mol. The maximum Gasteiger partial charge on any atom is 0.327 e. The van der Waals surface area contributed by atoms with E-state index in [1.54, 1.807) is 27.7 Å². The first kappa shape index (κ1) is 13.3. The van der Waals surface area contributed by atoms with E-state index in [9.17, 15) is 9.59 Å². The summed E-state index contributed by atoms with van der Waals surface area (Å²) < 4.78 is 6.07. The number of Topliss-reactive ketones (excluding diaryl/α,β-unsaturated/α-hetero) is 1. The molecule has 1 heterocycles. The summed E-state index contributed by atoms with van der Waals surface area (Å²) in [6, 6.07) is 0. The van der Waals surface area contributed by atoms with Crippen molar-refractivity contribution in [2.75, 3.05) is 6.61 Å². The molecule has 0 aliphatic heterocycles. The average Bonchev–Trinajstić information content (AvgIpc) is 2.63. The summed E-state index contributed by atoms with van der Waals surface area (Å²) in [6.07, 6.45) is 1.46. The Hall–Kier alpha value is -1.72. The van der Waals surface area contributed by atoms with Crippen molar-refractivity contribution < 1.29 is 14.3 Å². The third-order valence-corrected chi connectivity index (χ3v) is 2.05. The molecule has 0 atom stereocenters. The Bertz CT molecular complexity index is 418. The van der Waals surface area contributed by atoms with Gasteiger partial charge < -0.3 is 4.74 Å². The van der Waals surface area contributed by atoms with E-state index in [1.165, 1.54) is 10.9 Å². The minimum absolute atomic E-state index is 0.0295. The number of nitrogens with zero attached hydrogens (tertiary/aromatic N) is 3. The third-order valence-electron chi connectivity index (χ3n) is 2.05. The molecule has 0 saturated heterocycles. The molecule has 0 N–H and O–H groups in total. The van der Waals surface area contributed by atoms with Crippen LogP contribution in [0, 0.1) is 5.41 Å². The second kappa shape index (κ2) is 5.07. The number of rotatable bonds is 4. The lowest BCUT2D eigenvalue weighted by atomic mass is 9.89. The molecule has 0 aromatic carbocycles. The van der Waals surface area contributed by atoms with E-state index in [0.29, 0.717) is 6.61 Å². The number of aromatic nitrogens is 3. The highest BCUT2D eigenvalue weighted by Gasteiger charge is 2.25. The van der Waals surface area contributed by atoms with E-state index in [-0.39, 0.29) is 18.0 Å². The van der Waals surface area contributed by atoms with Crippen molar-refractivity contribution in [2.45, 2.75) is 34.2 Å². The Morgan fingerprint density at radius 1 is 1.41 bits per heavy atom. The predicted octanol–water partition coefficient (Wildman–Crippen LogP) is 1.07. The number of ether oxygens (including phenoxy) is 1. The molecule has 0 spiro atoms. The molecule has 6 heteroatoms. The number of esters is 1. The molecule has 0 saturated carbocycles. The maximum absolute atomic E-state index is 11.9. The van der Waals surface area contributed by atoms with Crippen molar-refractivity contribution in [1.82, 2.24) is 15.0 Å². The minimum atomic E-state index is -0.509. The summed E-state index contributed by atoms with van der Waals surface area (Å²) in [5.74, 6) is -0.500. The van der Waals surface area contributed by atoms with Crippen LogP contribution >= 0.6 is 0 Å². The van der Waals surface area contributed by atoms with Gasteiger partial charge in [-0.3, -0.25) is 9.59 Å². The Balaban J connectivity index is 2.72. The van der Waals surface area contributed by atoms with E-state index in [1.807, 2.05) is 0 Å². The average molecular weight is 239 g/mol. The number of carbonyl (C=O) groups excluding carboxylic acids is 2. The molecule has 1 aromatic rings. The molecule has 0 radical (unpaired) electrons.